The summed E-state index contributed by atoms with van der Waals surface area (Å²) in [6.45, 7) is 5.27. The van der Waals surface area contributed by atoms with E-state index < -0.39 is 18.2 Å². The van der Waals surface area contributed by atoms with Crippen LogP contribution in [0.25, 0.3) is 0 Å². The molecule has 82 valence electrons. The summed E-state index contributed by atoms with van der Waals surface area (Å²) >= 11 is 0. The lowest BCUT2D eigenvalue weighted by atomic mass is 10.0. The largest absolute Gasteiger partial charge is 0.463 e. The van der Waals surface area contributed by atoms with Gasteiger partial charge in [-0.1, -0.05) is 13.0 Å². The van der Waals surface area contributed by atoms with E-state index in [-0.39, 0.29) is 5.92 Å². The molecule has 3 atom stereocenters. The molecule has 0 rings (SSSR count). The number of carbonyl (C=O) groups is 1. The first kappa shape index (κ1) is 13.1. The molecule has 0 spiro atoms. The average molecular weight is 202 g/mol. The summed E-state index contributed by atoms with van der Waals surface area (Å²) in [6.07, 6.45) is 1.12. The van der Waals surface area contributed by atoms with E-state index in [2.05, 4.69) is 4.74 Å². The van der Waals surface area contributed by atoms with Crippen molar-refractivity contribution in [3.63, 3.8) is 0 Å². The number of esters is 1. The molecule has 0 fully saturated rings. The summed E-state index contributed by atoms with van der Waals surface area (Å²) in [6, 6.07) is 0. The fourth-order valence-corrected chi connectivity index (χ4v) is 0.974. The highest BCUT2D eigenvalue weighted by atomic mass is 16.5. The van der Waals surface area contributed by atoms with Gasteiger partial charge in [0, 0.05) is 12.0 Å². The van der Waals surface area contributed by atoms with Gasteiger partial charge in [-0.2, -0.15) is 0 Å². The fraction of sp³-hybridized carbons (Fsp3) is 0.700. The summed E-state index contributed by atoms with van der Waals surface area (Å²) in [5.74, 6) is -0.712. The third-order valence-electron chi connectivity index (χ3n) is 1.86. The Hall–Kier alpha value is -0.870. The smallest absolute Gasteiger partial charge is 0.330 e. The van der Waals surface area contributed by atoms with E-state index in [1.807, 2.05) is 0 Å². The van der Waals surface area contributed by atoms with E-state index in [0.29, 0.717) is 6.61 Å². The highest BCUT2D eigenvalue weighted by Crippen LogP contribution is 2.08. The van der Waals surface area contributed by atoms with Gasteiger partial charge in [-0.3, -0.25) is 0 Å². The minimum atomic E-state index is -0.860. The van der Waals surface area contributed by atoms with Crippen LogP contribution >= 0.6 is 0 Å². The van der Waals surface area contributed by atoms with E-state index in [0.717, 1.165) is 0 Å². The Labute approximate surface area is 84.2 Å². The zero-order valence-corrected chi connectivity index (χ0v) is 8.80. The van der Waals surface area contributed by atoms with Gasteiger partial charge in [0.05, 0.1) is 18.8 Å². The van der Waals surface area contributed by atoms with Gasteiger partial charge < -0.3 is 14.9 Å². The summed E-state index contributed by atoms with van der Waals surface area (Å²) in [5, 5.41) is 18.4. The van der Waals surface area contributed by atoms with Gasteiger partial charge in [0.2, 0.25) is 0 Å². The van der Waals surface area contributed by atoms with Crippen molar-refractivity contribution in [2.45, 2.75) is 33.0 Å². The number of carbonyl (C=O) groups excluding carboxylic acids is 1. The number of hydrogen-bond donors (Lipinski definition) is 2. The van der Waals surface area contributed by atoms with Gasteiger partial charge in [-0.15, -0.1) is 0 Å². The first-order valence-corrected chi connectivity index (χ1v) is 4.70. The quantitative estimate of drug-likeness (QED) is 0.503. The zero-order chi connectivity index (χ0) is 11.1. The zero-order valence-electron chi connectivity index (χ0n) is 8.80. The average Bonchev–Trinajstić information content (AvgIpc) is 2.13. The Morgan fingerprint density at radius 2 is 2.00 bits per heavy atom. The van der Waals surface area contributed by atoms with Crippen LogP contribution in [0.3, 0.4) is 0 Å². The maximum Gasteiger partial charge on any atom is 0.330 e. The van der Waals surface area contributed by atoms with Crippen LogP contribution in [0.15, 0.2) is 12.2 Å². The third-order valence-corrected chi connectivity index (χ3v) is 1.86. The van der Waals surface area contributed by atoms with Crippen LogP contribution in [-0.2, 0) is 9.53 Å². The van der Waals surface area contributed by atoms with Crippen LogP contribution in [0.2, 0.25) is 0 Å². The molecule has 0 saturated carbocycles. The van der Waals surface area contributed by atoms with Crippen LogP contribution in [0.1, 0.15) is 20.8 Å². The van der Waals surface area contributed by atoms with Crippen molar-refractivity contribution in [1.82, 2.24) is 0 Å². The predicted molar refractivity (Wildman–Crippen MR) is 52.6 cm³/mol. The predicted octanol–water partition coefficient (Wildman–Crippen LogP) is 0.483. The number of hydrogen-bond acceptors (Lipinski definition) is 4. The first-order chi connectivity index (χ1) is 6.49. The second kappa shape index (κ2) is 6.56. The molecule has 0 aromatic heterocycles. The van der Waals surface area contributed by atoms with Gasteiger partial charge in [0.1, 0.15) is 0 Å². The highest BCUT2D eigenvalue weighted by molar-refractivity contribution is 5.81. The van der Waals surface area contributed by atoms with E-state index in [1.54, 1.807) is 13.8 Å². The van der Waals surface area contributed by atoms with Gasteiger partial charge in [-0.05, 0) is 13.8 Å². The molecule has 0 aromatic rings. The van der Waals surface area contributed by atoms with Gasteiger partial charge in [0.25, 0.3) is 0 Å². The standard InChI is InChI=1S/C10H18O4/c1-4-14-9(12)6-5-7(2)10(13)8(3)11/h5-8,10-11,13H,4H2,1-3H3/b6-5+/t7?,8-,10+/m0/s1. The van der Waals surface area contributed by atoms with Gasteiger partial charge >= 0.3 is 5.97 Å². The van der Waals surface area contributed by atoms with Crippen molar-refractivity contribution < 1.29 is 19.7 Å². The Morgan fingerprint density at radius 3 is 2.43 bits per heavy atom. The van der Waals surface area contributed by atoms with E-state index in [4.69, 9.17) is 5.11 Å². The van der Waals surface area contributed by atoms with Crippen LogP contribution in [0.4, 0.5) is 0 Å². The molecular formula is C10H18O4. The lowest BCUT2D eigenvalue weighted by molar-refractivity contribution is -0.137. The SMILES string of the molecule is CCOC(=O)/C=C/C(C)[C@@H](O)[C@H](C)O. The van der Waals surface area contributed by atoms with Crippen LogP contribution < -0.4 is 0 Å². The Morgan fingerprint density at radius 1 is 1.43 bits per heavy atom. The Bertz CT molecular complexity index is 198. The lowest BCUT2D eigenvalue weighted by Gasteiger charge is -2.17. The fourth-order valence-electron chi connectivity index (χ4n) is 0.974. The van der Waals surface area contributed by atoms with Crippen molar-refractivity contribution in [1.29, 1.82) is 0 Å². The molecule has 4 nitrogen and oxygen atoms in total. The molecule has 2 N–H and O–H groups in total. The molecule has 0 amide bonds. The van der Waals surface area contributed by atoms with Crippen LogP contribution in [0, 0.1) is 5.92 Å². The number of aliphatic hydroxyl groups excluding tert-OH is 2. The molecule has 0 saturated heterocycles. The molecule has 0 radical (unpaired) electrons. The summed E-state index contributed by atoms with van der Waals surface area (Å²) < 4.78 is 4.66. The maximum absolute atomic E-state index is 10.9. The van der Waals surface area contributed by atoms with E-state index in [1.165, 1.54) is 19.1 Å². The highest BCUT2D eigenvalue weighted by Gasteiger charge is 2.16. The second-order valence-electron chi connectivity index (χ2n) is 3.20. The number of aliphatic hydroxyl groups is 2. The van der Waals surface area contributed by atoms with Crippen molar-refractivity contribution in [3.05, 3.63) is 12.2 Å². The molecule has 0 aliphatic heterocycles. The van der Waals surface area contributed by atoms with Crippen molar-refractivity contribution in [3.8, 4) is 0 Å². The molecular weight excluding hydrogens is 184 g/mol. The Kier molecular flexibility index (Phi) is 6.16. The number of rotatable bonds is 5. The molecule has 0 bridgehead atoms. The van der Waals surface area contributed by atoms with Crippen molar-refractivity contribution in [2.24, 2.45) is 5.92 Å². The molecule has 0 aliphatic carbocycles. The topological polar surface area (TPSA) is 66.8 Å². The maximum atomic E-state index is 10.9. The summed E-state index contributed by atoms with van der Waals surface area (Å²) in [5.41, 5.74) is 0. The van der Waals surface area contributed by atoms with Crippen molar-refractivity contribution in [2.75, 3.05) is 6.61 Å². The van der Waals surface area contributed by atoms with Crippen LogP contribution in [-0.4, -0.2) is 35.0 Å². The van der Waals surface area contributed by atoms with Crippen molar-refractivity contribution >= 4 is 5.97 Å². The van der Waals surface area contributed by atoms with Crippen LogP contribution in [0.5, 0.6) is 0 Å². The minimum Gasteiger partial charge on any atom is -0.463 e. The summed E-state index contributed by atoms with van der Waals surface area (Å²) in [4.78, 5) is 10.9. The molecule has 0 aliphatic rings. The minimum absolute atomic E-state index is 0.278. The second-order valence-corrected chi connectivity index (χ2v) is 3.20. The van der Waals surface area contributed by atoms with E-state index >= 15 is 0 Å². The third kappa shape index (κ3) is 4.99. The molecule has 4 heteroatoms. The normalized spacial score (nSPS) is 17.8. The Balaban J connectivity index is 4.04. The molecule has 1 unspecified atom stereocenters. The van der Waals surface area contributed by atoms with Gasteiger partial charge in [-0.25, -0.2) is 4.79 Å². The van der Waals surface area contributed by atoms with E-state index in [9.17, 15) is 9.90 Å². The first-order valence-electron chi connectivity index (χ1n) is 4.70. The van der Waals surface area contributed by atoms with Gasteiger partial charge in [0.15, 0.2) is 0 Å². The monoisotopic (exact) mass is 202 g/mol. The lowest BCUT2D eigenvalue weighted by Crippen LogP contribution is -2.28. The summed E-state index contributed by atoms with van der Waals surface area (Å²) in [7, 11) is 0. The number of ether oxygens (including phenoxy) is 1. The molecule has 14 heavy (non-hydrogen) atoms. The molecule has 0 heterocycles. The molecule has 0 aromatic carbocycles.